The van der Waals surface area contributed by atoms with Crippen LogP contribution in [0.15, 0.2) is 17.5 Å². The predicted molar refractivity (Wildman–Crippen MR) is 65.4 cm³/mol. The number of nitrogens with one attached hydrogen (secondary N) is 1. The van der Waals surface area contributed by atoms with Crippen LogP contribution in [0.25, 0.3) is 0 Å². The Morgan fingerprint density at radius 2 is 2.40 bits per heavy atom. The zero-order valence-corrected chi connectivity index (χ0v) is 10.3. The maximum absolute atomic E-state index is 11.7. The molecule has 0 radical (unpaired) electrons. The van der Waals surface area contributed by atoms with Crippen molar-refractivity contribution in [3.63, 3.8) is 0 Å². The first-order valence-corrected chi connectivity index (χ1v) is 6.37. The summed E-state index contributed by atoms with van der Waals surface area (Å²) in [5.41, 5.74) is 0. The molecule has 0 aliphatic carbocycles. The second kappa shape index (κ2) is 6.75. The van der Waals surface area contributed by atoms with Gasteiger partial charge in [0, 0.05) is 23.8 Å². The van der Waals surface area contributed by atoms with Crippen molar-refractivity contribution in [3.8, 4) is 0 Å². The summed E-state index contributed by atoms with van der Waals surface area (Å²) in [6.45, 7) is 5.80. The average molecular weight is 225 g/mol. The molecule has 0 saturated heterocycles. The maximum Gasteiger partial charge on any atom is 0.137 e. The van der Waals surface area contributed by atoms with Crippen LogP contribution in [0.3, 0.4) is 0 Å². The Labute approximate surface area is 95.7 Å². The van der Waals surface area contributed by atoms with Gasteiger partial charge in [-0.15, -0.1) is 11.3 Å². The first-order valence-electron chi connectivity index (χ1n) is 5.49. The van der Waals surface area contributed by atoms with Crippen LogP contribution < -0.4 is 5.32 Å². The van der Waals surface area contributed by atoms with Crippen LogP contribution in [0.2, 0.25) is 0 Å². The van der Waals surface area contributed by atoms with E-state index in [-0.39, 0.29) is 5.92 Å². The van der Waals surface area contributed by atoms with Crippen LogP contribution in [0.4, 0.5) is 0 Å². The zero-order chi connectivity index (χ0) is 11.1. The summed E-state index contributed by atoms with van der Waals surface area (Å²) in [6, 6.07) is 4.12. The molecule has 2 nitrogen and oxygen atoms in total. The Bertz CT molecular complexity index is 282. The summed E-state index contributed by atoms with van der Waals surface area (Å²) in [5.74, 6) is 0.509. The highest BCUT2D eigenvalue weighted by molar-refractivity contribution is 7.09. The molecule has 1 atom stereocenters. The second-order valence-corrected chi connectivity index (χ2v) is 4.79. The van der Waals surface area contributed by atoms with E-state index in [4.69, 9.17) is 0 Å². The van der Waals surface area contributed by atoms with E-state index >= 15 is 0 Å². The lowest BCUT2D eigenvalue weighted by Gasteiger charge is -2.09. The van der Waals surface area contributed by atoms with Crippen molar-refractivity contribution in [1.82, 2.24) is 5.32 Å². The molecule has 1 N–H and O–H groups in total. The van der Waals surface area contributed by atoms with E-state index in [9.17, 15) is 4.79 Å². The SMILES string of the molecule is CCNCC(C)C(=O)CCc1cccs1. The molecule has 0 aliphatic heterocycles. The Hall–Kier alpha value is -0.670. The fraction of sp³-hybridized carbons (Fsp3) is 0.583. The number of thiophene rings is 1. The van der Waals surface area contributed by atoms with Crippen molar-refractivity contribution in [2.45, 2.75) is 26.7 Å². The lowest BCUT2D eigenvalue weighted by Crippen LogP contribution is -2.26. The van der Waals surface area contributed by atoms with Gasteiger partial charge in [-0.3, -0.25) is 4.79 Å². The van der Waals surface area contributed by atoms with Gasteiger partial charge in [-0.25, -0.2) is 0 Å². The standard InChI is InChI=1S/C12H19NOS/c1-3-13-9-10(2)12(14)7-6-11-5-4-8-15-11/h4-5,8,10,13H,3,6-7,9H2,1-2H3. The molecule has 15 heavy (non-hydrogen) atoms. The summed E-state index contributed by atoms with van der Waals surface area (Å²) in [6.07, 6.45) is 1.57. The Kier molecular flexibility index (Phi) is 5.58. The topological polar surface area (TPSA) is 29.1 Å². The highest BCUT2D eigenvalue weighted by Gasteiger charge is 2.11. The molecule has 1 aromatic rings. The smallest absolute Gasteiger partial charge is 0.137 e. The van der Waals surface area contributed by atoms with Crippen molar-refractivity contribution in [3.05, 3.63) is 22.4 Å². The number of hydrogen-bond acceptors (Lipinski definition) is 3. The van der Waals surface area contributed by atoms with E-state index in [0.29, 0.717) is 12.2 Å². The fourth-order valence-corrected chi connectivity index (χ4v) is 2.13. The van der Waals surface area contributed by atoms with Crippen molar-refractivity contribution in [1.29, 1.82) is 0 Å². The third kappa shape index (κ3) is 4.58. The number of Topliss-reactive ketones (excluding diaryl/α,β-unsaturated/α-hetero) is 1. The van der Waals surface area contributed by atoms with Crippen LogP contribution in [0, 0.1) is 5.92 Å². The van der Waals surface area contributed by atoms with Crippen molar-refractivity contribution < 1.29 is 4.79 Å². The van der Waals surface area contributed by atoms with E-state index in [1.807, 2.05) is 13.0 Å². The highest BCUT2D eigenvalue weighted by Crippen LogP contribution is 2.12. The molecule has 0 fully saturated rings. The molecule has 1 unspecified atom stereocenters. The van der Waals surface area contributed by atoms with Crippen LogP contribution in [-0.4, -0.2) is 18.9 Å². The fourth-order valence-electron chi connectivity index (χ4n) is 1.42. The van der Waals surface area contributed by atoms with Gasteiger partial charge < -0.3 is 5.32 Å². The van der Waals surface area contributed by atoms with Gasteiger partial charge in [0.25, 0.3) is 0 Å². The number of ketones is 1. The quantitative estimate of drug-likeness (QED) is 0.772. The van der Waals surface area contributed by atoms with E-state index in [1.165, 1.54) is 4.88 Å². The second-order valence-electron chi connectivity index (χ2n) is 3.75. The molecule has 0 aromatic carbocycles. The molecule has 0 saturated carbocycles. The first kappa shape index (κ1) is 12.4. The number of hydrogen-bond donors (Lipinski definition) is 1. The van der Waals surface area contributed by atoms with E-state index in [2.05, 4.69) is 23.7 Å². The van der Waals surface area contributed by atoms with E-state index in [1.54, 1.807) is 11.3 Å². The van der Waals surface area contributed by atoms with Crippen LogP contribution in [-0.2, 0) is 11.2 Å². The Morgan fingerprint density at radius 1 is 1.60 bits per heavy atom. The first-order chi connectivity index (χ1) is 7.24. The number of aryl methyl sites for hydroxylation is 1. The molecule has 1 heterocycles. The largest absolute Gasteiger partial charge is 0.316 e. The summed E-state index contributed by atoms with van der Waals surface area (Å²) < 4.78 is 0. The van der Waals surface area contributed by atoms with Gasteiger partial charge in [0.05, 0.1) is 0 Å². The summed E-state index contributed by atoms with van der Waals surface area (Å²) >= 11 is 1.73. The van der Waals surface area contributed by atoms with E-state index in [0.717, 1.165) is 19.5 Å². The van der Waals surface area contributed by atoms with Crippen molar-refractivity contribution in [2.24, 2.45) is 5.92 Å². The highest BCUT2D eigenvalue weighted by atomic mass is 32.1. The maximum atomic E-state index is 11.7. The third-order valence-corrected chi connectivity index (χ3v) is 3.38. The van der Waals surface area contributed by atoms with Crippen molar-refractivity contribution >= 4 is 17.1 Å². The van der Waals surface area contributed by atoms with Gasteiger partial charge in [-0.05, 0) is 24.4 Å². The van der Waals surface area contributed by atoms with E-state index < -0.39 is 0 Å². The molecule has 3 heteroatoms. The van der Waals surface area contributed by atoms with Gasteiger partial charge in [-0.2, -0.15) is 0 Å². The molecular weight excluding hydrogens is 206 g/mol. The minimum Gasteiger partial charge on any atom is -0.316 e. The lowest BCUT2D eigenvalue weighted by molar-refractivity contribution is -0.122. The number of carbonyl (C=O) groups excluding carboxylic acids is 1. The van der Waals surface area contributed by atoms with Crippen LogP contribution >= 0.6 is 11.3 Å². The van der Waals surface area contributed by atoms with Gasteiger partial charge in [-0.1, -0.05) is 19.9 Å². The van der Waals surface area contributed by atoms with Crippen molar-refractivity contribution in [2.75, 3.05) is 13.1 Å². The normalized spacial score (nSPS) is 12.7. The predicted octanol–water partition coefficient (Wildman–Crippen LogP) is 2.50. The van der Waals surface area contributed by atoms with Gasteiger partial charge in [0.1, 0.15) is 5.78 Å². The monoisotopic (exact) mass is 225 g/mol. The Balaban J connectivity index is 2.23. The lowest BCUT2D eigenvalue weighted by atomic mass is 10.0. The molecule has 0 aliphatic rings. The molecule has 84 valence electrons. The van der Waals surface area contributed by atoms with Gasteiger partial charge >= 0.3 is 0 Å². The number of carbonyl (C=O) groups is 1. The molecule has 0 amide bonds. The minimum absolute atomic E-state index is 0.143. The van der Waals surface area contributed by atoms with Crippen LogP contribution in [0.1, 0.15) is 25.1 Å². The molecule has 0 spiro atoms. The summed E-state index contributed by atoms with van der Waals surface area (Å²) in [7, 11) is 0. The third-order valence-electron chi connectivity index (χ3n) is 2.45. The zero-order valence-electron chi connectivity index (χ0n) is 9.45. The molecule has 0 bridgehead atoms. The number of rotatable bonds is 7. The molecule has 1 aromatic heterocycles. The minimum atomic E-state index is 0.143. The molecule has 1 rings (SSSR count). The van der Waals surface area contributed by atoms with Crippen LogP contribution in [0.5, 0.6) is 0 Å². The summed E-state index contributed by atoms with van der Waals surface area (Å²) in [5, 5.41) is 5.26. The summed E-state index contributed by atoms with van der Waals surface area (Å²) in [4.78, 5) is 13.0. The molecular formula is C12H19NOS. The Morgan fingerprint density at radius 3 is 3.00 bits per heavy atom. The van der Waals surface area contributed by atoms with Gasteiger partial charge in [0.15, 0.2) is 0 Å². The van der Waals surface area contributed by atoms with Gasteiger partial charge in [0.2, 0.25) is 0 Å². The average Bonchev–Trinajstić information content (AvgIpc) is 2.75.